The Kier molecular flexibility index (Phi) is 5.76. The molecule has 0 saturated carbocycles. The van der Waals surface area contributed by atoms with E-state index in [1.54, 1.807) is 42.5 Å². The second kappa shape index (κ2) is 8.47. The second-order valence-electron chi connectivity index (χ2n) is 7.11. The molecule has 1 aromatic heterocycles. The van der Waals surface area contributed by atoms with Crippen molar-refractivity contribution < 1.29 is 18.0 Å². The molecule has 3 aromatic rings. The van der Waals surface area contributed by atoms with Gasteiger partial charge in [0.2, 0.25) is 0 Å². The number of hydrogen-bond acceptors (Lipinski definition) is 4. The monoisotopic (exact) mass is 431 g/mol. The highest BCUT2D eigenvalue weighted by atomic mass is 32.1. The van der Waals surface area contributed by atoms with E-state index in [-0.39, 0.29) is 5.01 Å². The largest absolute Gasteiger partial charge is 0.435 e. The van der Waals surface area contributed by atoms with Crippen LogP contribution in [0, 0.1) is 0 Å². The minimum Gasteiger partial charge on any atom is -0.372 e. The lowest BCUT2D eigenvalue weighted by Gasteiger charge is -2.28. The molecule has 30 heavy (non-hydrogen) atoms. The Morgan fingerprint density at radius 1 is 0.967 bits per heavy atom. The van der Waals surface area contributed by atoms with Gasteiger partial charge in [-0.15, -0.1) is 11.3 Å². The van der Waals surface area contributed by atoms with Crippen LogP contribution in [-0.2, 0) is 6.18 Å². The van der Waals surface area contributed by atoms with E-state index in [1.165, 1.54) is 6.42 Å². The number of benzene rings is 2. The quantitative estimate of drug-likeness (QED) is 0.545. The summed E-state index contributed by atoms with van der Waals surface area (Å²) in [6, 6.07) is 15.7. The number of rotatable bonds is 4. The van der Waals surface area contributed by atoms with E-state index < -0.39 is 22.7 Å². The molecule has 0 atom stereocenters. The molecule has 0 unspecified atom stereocenters. The average molecular weight is 431 g/mol. The number of carbonyl (C=O) groups excluding carboxylic acids is 1. The van der Waals surface area contributed by atoms with E-state index in [0.29, 0.717) is 11.3 Å². The minimum absolute atomic E-state index is 0.161. The molecule has 0 radical (unpaired) electrons. The molecule has 1 saturated heterocycles. The molecule has 0 spiro atoms. The van der Waals surface area contributed by atoms with Crippen LogP contribution in [0.5, 0.6) is 0 Å². The van der Waals surface area contributed by atoms with Crippen LogP contribution < -0.4 is 10.2 Å². The van der Waals surface area contributed by atoms with E-state index >= 15 is 0 Å². The van der Waals surface area contributed by atoms with E-state index in [1.807, 2.05) is 12.1 Å². The number of nitrogens with zero attached hydrogens (tertiary/aromatic N) is 2. The number of hydrogen-bond donors (Lipinski definition) is 1. The molecule has 1 N–H and O–H groups in total. The van der Waals surface area contributed by atoms with Crippen LogP contribution in [0.4, 0.5) is 24.5 Å². The van der Waals surface area contributed by atoms with Gasteiger partial charge in [0.1, 0.15) is 9.88 Å². The van der Waals surface area contributed by atoms with Crippen LogP contribution in [0.3, 0.4) is 0 Å². The number of nitrogens with one attached hydrogen (secondary N) is 1. The Labute approximate surface area is 176 Å². The summed E-state index contributed by atoms with van der Waals surface area (Å²) < 4.78 is 40.5. The van der Waals surface area contributed by atoms with Crippen molar-refractivity contribution in [1.82, 2.24) is 4.98 Å². The number of piperidine rings is 1. The number of aromatic nitrogens is 1. The normalized spacial score (nSPS) is 14.6. The van der Waals surface area contributed by atoms with Crippen molar-refractivity contribution in [3.8, 4) is 10.6 Å². The van der Waals surface area contributed by atoms with Gasteiger partial charge in [0.25, 0.3) is 5.91 Å². The summed E-state index contributed by atoms with van der Waals surface area (Å²) in [6.45, 7) is 1.98. The fraction of sp³-hybridized carbons (Fsp3) is 0.273. The van der Waals surface area contributed by atoms with Gasteiger partial charge in [-0.3, -0.25) is 4.79 Å². The molecule has 8 heteroatoms. The summed E-state index contributed by atoms with van der Waals surface area (Å²) in [5.41, 5.74) is 0.878. The van der Waals surface area contributed by atoms with Crippen molar-refractivity contribution in [1.29, 1.82) is 0 Å². The first kappa shape index (κ1) is 20.4. The maximum atomic E-state index is 13.5. The molecule has 0 bridgehead atoms. The molecular formula is C22H20F3N3OS. The van der Waals surface area contributed by atoms with Crippen molar-refractivity contribution in [2.24, 2.45) is 0 Å². The highest BCUT2D eigenvalue weighted by molar-refractivity contribution is 7.17. The van der Waals surface area contributed by atoms with Crippen molar-refractivity contribution >= 4 is 28.6 Å². The molecule has 4 nitrogen and oxygen atoms in total. The van der Waals surface area contributed by atoms with Gasteiger partial charge in [0.05, 0.1) is 0 Å². The first-order valence-corrected chi connectivity index (χ1v) is 10.5. The lowest BCUT2D eigenvalue weighted by atomic mass is 10.1. The van der Waals surface area contributed by atoms with Gasteiger partial charge in [-0.25, -0.2) is 4.98 Å². The summed E-state index contributed by atoms with van der Waals surface area (Å²) >= 11 is 0.741. The molecule has 4 rings (SSSR count). The lowest BCUT2D eigenvalue weighted by molar-refractivity contribution is -0.140. The zero-order valence-electron chi connectivity index (χ0n) is 16.1. The van der Waals surface area contributed by atoms with Gasteiger partial charge in [-0.05, 0) is 43.5 Å². The topological polar surface area (TPSA) is 45.2 Å². The third kappa shape index (κ3) is 4.48. The van der Waals surface area contributed by atoms with Crippen LogP contribution in [-0.4, -0.2) is 24.0 Å². The first-order chi connectivity index (χ1) is 14.4. The number of anilines is 2. The van der Waals surface area contributed by atoms with Gasteiger partial charge < -0.3 is 10.2 Å². The second-order valence-corrected chi connectivity index (χ2v) is 8.11. The highest BCUT2D eigenvalue weighted by Crippen LogP contribution is 2.38. The highest BCUT2D eigenvalue weighted by Gasteiger charge is 2.39. The Balaban J connectivity index is 1.56. The van der Waals surface area contributed by atoms with Crippen molar-refractivity contribution in [2.45, 2.75) is 25.4 Å². The molecule has 2 heterocycles. The average Bonchev–Trinajstić information content (AvgIpc) is 3.22. The van der Waals surface area contributed by atoms with Crippen LogP contribution in [0.2, 0.25) is 0 Å². The number of carbonyl (C=O) groups is 1. The van der Waals surface area contributed by atoms with Gasteiger partial charge in [-0.2, -0.15) is 13.2 Å². The summed E-state index contributed by atoms with van der Waals surface area (Å²) in [4.78, 5) is 18.2. The molecule has 1 fully saturated rings. The minimum atomic E-state index is -4.71. The Morgan fingerprint density at radius 2 is 1.63 bits per heavy atom. The number of thiazole rings is 1. The van der Waals surface area contributed by atoms with Crippen LogP contribution >= 0.6 is 11.3 Å². The number of amides is 1. The first-order valence-electron chi connectivity index (χ1n) is 9.71. The van der Waals surface area contributed by atoms with Gasteiger partial charge in [0, 0.05) is 30.0 Å². The van der Waals surface area contributed by atoms with E-state index in [0.717, 1.165) is 43.0 Å². The predicted molar refractivity (Wildman–Crippen MR) is 113 cm³/mol. The smallest absolute Gasteiger partial charge is 0.372 e. The van der Waals surface area contributed by atoms with Gasteiger partial charge in [-0.1, -0.05) is 30.3 Å². The van der Waals surface area contributed by atoms with Crippen LogP contribution in [0.15, 0.2) is 54.6 Å². The molecule has 1 aliphatic rings. The standard InChI is InChI=1S/C22H20F3N3OS/c23-22(24,25)19-18(30-21(27-19)15-7-3-1-4-8-15)20(29)26-16-9-11-17(12-10-16)28-13-5-2-6-14-28/h1,3-4,7-12H,2,5-6,13-14H2,(H,26,29). The molecule has 2 aromatic carbocycles. The van der Waals surface area contributed by atoms with Crippen molar-refractivity contribution in [3.05, 3.63) is 65.2 Å². The van der Waals surface area contributed by atoms with E-state index in [4.69, 9.17) is 0 Å². The predicted octanol–water partition coefficient (Wildman–Crippen LogP) is 6.07. The van der Waals surface area contributed by atoms with Crippen LogP contribution in [0.1, 0.15) is 34.6 Å². The Bertz CT molecular complexity index is 1010. The summed E-state index contributed by atoms with van der Waals surface area (Å²) in [7, 11) is 0. The maximum Gasteiger partial charge on any atom is 0.435 e. The summed E-state index contributed by atoms with van der Waals surface area (Å²) in [6.07, 6.45) is -1.19. The van der Waals surface area contributed by atoms with Crippen LogP contribution in [0.25, 0.3) is 10.6 Å². The third-order valence-corrected chi connectivity index (χ3v) is 6.07. The maximum absolute atomic E-state index is 13.5. The molecule has 0 aliphatic carbocycles. The fourth-order valence-corrected chi connectivity index (χ4v) is 4.45. The lowest BCUT2D eigenvalue weighted by Crippen LogP contribution is -2.29. The molecule has 156 valence electrons. The fourth-order valence-electron chi connectivity index (χ4n) is 3.47. The van der Waals surface area contributed by atoms with Crippen molar-refractivity contribution in [2.75, 3.05) is 23.3 Å². The Morgan fingerprint density at radius 3 is 2.27 bits per heavy atom. The Hall–Kier alpha value is -2.87. The molecule has 1 aliphatic heterocycles. The van der Waals surface area contributed by atoms with Crippen molar-refractivity contribution in [3.63, 3.8) is 0 Å². The third-order valence-electron chi connectivity index (χ3n) is 4.97. The molecule has 1 amide bonds. The van der Waals surface area contributed by atoms with Gasteiger partial charge >= 0.3 is 6.18 Å². The number of halogens is 3. The zero-order valence-corrected chi connectivity index (χ0v) is 16.9. The number of alkyl halides is 3. The van der Waals surface area contributed by atoms with E-state index in [2.05, 4.69) is 15.2 Å². The van der Waals surface area contributed by atoms with E-state index in [9.17, 15) is 18.0 Å². The summed E-state index contributed by atoms with van der Waals surface area (Å²) in [5.74, 6) is -0.812. The summed E-state index contributed by atoms with van der Waals surface area (Å²) in [5, 5.41) is 2.74. The SMILES string of the molecule is O=C(Nc1ccc(N2CCCCC2)cc1)c1sc(-c2ccccc2)nc1C(F)(F)F. The molecular weight excluding hydrogens is 411 g/mol. The zero-order chi connectivity index (χ0) is 21.1. The van der Waals surface area contributed by atoms with Gasteiger partial charge in [0.15, 0.2) is 5.69 Å².